The number of phenolic OH excluding ortho intramolecular Hbond substituents is 1. The molecule has 1 aliphatic rings. The molecule has 1 amide bonds. The van der Waals surface area contributed by atoms with Crippen LogP contribution in [0.15, 0.2) is 18.2 Å². The molecule has 1 aromatic carbocycles. The van der Waals surface area contributed by atoms with Crippen molar-refractivity contribution in [2.75, 3.05) is 13.1 Å². The van der Waals surface area contributed by atoms with E-state index in [9.17, 15) is 9.90 Å². The molecule has 1 aromatic rings. The van der Waals surface area contributed by atoms with E-state index in [0.717, 1.165) is 13.1 Å². The first-order valence-corrected chi connectivity index (χ1v) is 6.21. The Morgan fingerprint density at radius 2 is 2.18 bits per heavy atom. The van der Waals surface area contributed by atoms with E-state index in [1.807, 2.05) is 11.8 Å². The Balaban J connectivity index is 2.18. The van der Waals surface area contributed by atoms with Gasteiger partial charge < -0.3 is 10.0 Å². The first-order valence-electron chi connectivity index (χ1n) is 6.21. The lowest BCUT2D eigenvalue weighted by molar-refractivity contribution is 0.0755. The summed E-state index contributed by atoms with van der Waals surface area (Å²) in [6.07, 6.45) is 2.48. The van der Waals surface area contributed by atoms with Crippen LogP contribution in [0.3, 0.4) is 0 Å². The molecule has 92 valence electrons. The van der Waals surface area contributed by atoms with E-state index in [-0.39, 0.29) is 11.7 Å². The van der Waals surface area contributed by atoms with Gasteiger partial charge in [-0.25, -0.2) is 0 Å². The minimum Gasteiger partial charge on any atom is -0.508 e. The monoisotopic (exact) mass is 233 g/mol. The van der Waals surface area contributed by atoms with E-state index in [0.29, 0.717) is 17.0 Å². The van der Waals surface area contributed by atoms with Crippen molar-refractivity contribution in [3.63, 3.8) is 0 Å². The maximum atomic E-state index is 12.3. The van der Waals surface area contributed by atoms with Gasteiger partial charge in [0.05, 0.1) is 0 Å². The van der Waals surface area contributed by atoms with E-state index in [2.05, 4.69) is 0 Å². The molecular weight excluding hydrogens is 214 g/mol. The fourth-order valence-corrected chi connectivity index (χ4v) is 1.99. The minimum absolute atomic E-state index is 0.0350. The number of nitrogens with zero attached hydrogens (tertiary/aromatic N) is 1. The highest BCUT2D eigenvalue weighted by Crippen LogP contribution is 2.30. The maximum Gasteiger partial charge on any atom is 0.254 e. The number of benzene rings is 1. The van der Waals surface area contributed by atoms with Crippen LogP contribution in [0.25, 0.3) is 0 Å². The normalized spacial score (nSPS) is 14.7. The molecule has 2 rings (SSSR count). The van der Waals surface area contributed by atoms with Gasteiger partial charge in [0.25, 0.3) is 5.91 Å². The average Bonchev–Trinajstić information content (AvgIpc) is 3.13. The molecule has 0 aliphatic heterocycles. The largest absolute Gasteiger partial charge is 0.508 e. The van der Waals surface area contributed by atoms with Crippen LogP contribution >= 0.6 is 0 Å². The number of hydrogen-bond acceptors (Lipinski definition) is 2. The van der Waals surface area contributed by atoms with Gasteiger partial charge in [-0.2, -0.15) is 0 Å². The van der Waals surface area contributed by atoms with Gasteiger partial charge in [-0.15, -0.1) is 0 Å². The Morgan fingerprint density at radius 3 is 2.76 bits per heavy atom. The zero-order chi connectivity index (χ0) is 12.4. The van der Waals surface area contributed by atoms with Gasteiger partial charge in [-0.3, -0.25) is 4.79 Å². The molecule has 0 bridgehead atoms. The smallest absolute Gasteiger partial charge is 0.254 e. The molecular formula is C14H19NO2. The molecule has 0 unspecified atom stereocenters. The number of aromatic hydroxyl groups is 1. The Kier molecular flexibility index (Phi) is 3.36. The number of rotatable bonds is 4. The highest BCUT2D eigenvalue weighted by Gasteiger charge is 2.27. The number of carbonyl (C=O) groups is 1. The molecule has 0 saturated heterocycles. The number of carbonyl (C=O) groups excluding carboxylic acids is 1. The van der Waals surface area contributed by atoms with Crippen LogP contribution in [-0.4, -0.2) is 29.0 Å². The quantitative estimate of drug-likeness (QED) is 0.868. The zero-order valence-electron chi connectivity index (χ0n) is 10.4. The summed E-state index contributed by atoms with van der Waals surface area (Å²) in [4.78, 5) is 14.2. The second-order valence-corrected chi connectivity index (χ2v) is 4.74. The molecule has 0 heterocycles. The summed E-state index contributed by atoms with van der Waals surface area (Å²) in [5, 5.41) is 9.63. The molecule has 1 saturated carbocycles. The van der Waals surface area contributed by atoms with Crippen LogP contribution in [0.1, 0.15) is 35.7 Å². The molecule has 0 radical (unpaired) electrons. The molecule has 3 heteroatoms. The predicted molar refractivity (Wildman–Crippen MR) is 67.1 cm³/mol. The van der Waals surface area contributed by atoms with Gasteiger partial charge in [-0.05, 0) is 44.7 Å². The van der Waals surface area contributed by atoms with Crippen LogP contribution in [0, 0.1) is 12.8 Å². The predicted octanol–water partition coefficient (Wildman–Crippen LogP) is 2.57. The lowest BCUT2D eigenvalue weighted by Gasteiger charge is -2.21. The second kappa shape index (κ2) is 4.78. The summed E-state index contributed by atoms with van der Waals surface area (Å²) in [7, 11) is 0. The van der Waals surface area contributed by atoms with Crippen LogP contribution in [0.4, 0.5) is 0 Å². The number of phenols is 1. The Bertz CT molecular complexity index is 424. The van der Waals surface area contributed by atoms with Crippen molar-refractivity contribution in [2.24, 2.45) is 5.92 Å². The Hall–Kier alpha value is -1.51. The summed E-state index contributed by atoms with van der Waals surface area (Å²) >= 11 is 0. The van der Waals surface area contributed by atoms with Crippen molar-refractivity contribution in [3.8, 4) is 5.75 Å². The third kappa shape index (κ3) is 2.60. The van der Waals surface area contributed by atoms with E-state index < -0.39 is 0 Å². The SMILES string of the molecule is CCN(CC1CC1)C(=O)c1cccc(O)c1C. The topological polar surface area (TPSA) is 40.5 Å². The molecule has 0 aromatic heterocycles. The molecule has 1 N–H and O–H groups in total. The lowest BCUT2D eigenvalue weighted by Crippen LogP contribution is -2.33. The summed E-state index contributed by atoms with van der Waals surface area (Å²) in [6, 6.07) is 5.12. The second-order valence-electron chi connectivity index (χ2n) is 4.74. The third-order valence-electron chi connectivity index (χ3n) is 3.38. The van der Waals surface area contributed by atoms with Gasteiger partial charge in [0.2, 0.25) is 0 Å². The van der Waals surface area contributed by atoms with Gasteiger partial charge in [0, 0.05) is 24.2 Å². The van der Waals surface area contributed by atoms with Crippen LogP contribution < -0.4 is 0 Å². The van der Waals surface area contributed by atoms with Crippen molar-refractivity contribution in [3.05, 3.63) is 29.3 Å². The lowest BCUT2D eigenvalue weighted by atomic mass is 10.1. The average molecular weight is 233 g/mol. The summed E-state index contributed by atoms with van der Waals surface area (Å²) in [5.74, 6) is 0.919. The molecule has 3 nitrogen and oxygen atoms in total. The summed E-state index contributed by atoms with van der Waals surface area (Å²) in [5.41, 5.74) is 1.29. The molecule has 0 atom stereocenters. The first-order chi connectivity index (χ1) is 8.13. The van der Waals surface area contributed by atoms with Gasteiger partial charge in [0.1, 0.15) is 5.75 Å². The van der Waals surface area contributed by atoms with Crippen molar-refractivity contribution in [2.45, 2.75) is 26.7 Å². The van der Waals surface area contributed by atoms with Crippen LogP contribution in [0.5, 0.6) is 5.75 Å². The van der Waals surface area contributed by atoms with Crippen molar-refractivity contribution in [1.82, 2.24) is 4.90 Å². The first kappa shape index (κ1) is 12.0. The Labute approximate surface area is 102 Å². The molecule has 1 fully saturated rings. The van der Waals surface area contributed by atoms with Crippen molar-refractivity contribution < 1.29 is 9.90 Å². The van der Waals surface area contributed by atoms with E-state index in [1.165, 1.54) is 12.8 Å². The number of amides is 1. The van der Waals surface area contributed by atoms with E-state index in [1.54, 1.807) is 25.1 Å². The fourth-order valence-electron chi connectivity index (χ4n) is 1.99. The number of hydrogen-bond donors (Lipinski definition) is 1. The van der Waals surface area contributed by atoms with Crippen LogP contribution in [0.2, 0.25) is 0 Å². The van der Waals surface area contributed by atoms with Gasteiger partial charge in [0.15, 0.2) is 0 Å². The minimum atomic E-state index is 0.0350. The van der Waals surface area contributed by atoms with E-state index in [4.69, 9.17) is 0 Å². The van der Waals surface area contributed by atoms with Gasteiger partial charge in [-0.1, -0.05) is 6.07 Å². The summed E-state index contributed by atoms with van der Waals surface area (Å²) < 4.78 is 0. The van der Waals surface area contributed by atoms with Crippen LogP contribution in [-0.2, 0) is 0 Å². The van der Waals surface area contributed by atoms with E-state index >= 15 is 0 Å². The molecule has 1 aliphatic carbocycles. The highest BCUT2D eigenvalue weighted by molar-refractivity contribution is 5.96. The van der Waals surface area contributed by atoms with Gasteiger partial charge >= 0.3 is 0 Å². The highest BCUT2D eigenvalue weighted by atomic mass is 16.3. The maximum absolute atomic E-state index is 12.3. The molecule has 0 spiro atoms. The third-order valence-corrected chi connectivity index (χ3v) is 3.38. The Morgan fingerprint density at radius 1 is 1.47 bits per heavy atom. The fraction of sp³-hybridized carbons (Fsp3) is 0.500. The summed E-state index contributed by atoms with van der Waals surface area (Å²) in [6.45, 7) is 5.36. The zero-order valence-corrected chi connectivity index (χ0v) is 10.4. The standard InChI is InChI=1S/C14H19NO2/c1-3-15(9-11-7-8-11)14(17)12-5-4-6-13(16)10(12)2/h4-6,11,16H,3,7-9H2,1-2H3. The van der Waals surface area contributed by atoms with Crippen molar-refractivity contribution >= 4 is 5.91 Å². The molecule has 17 heavy (non-hydrogen) atoms. The van der Waals surface area contributed by atoms with Crippen molar-refractivity contribution in [1.29, 1.82) is 0 Å².